The molecule has 4 rings (SSSR count). The van der Waals surface area contributed by atoms with Crippen molar-refractivity contribution in [2.75, 3.05) is 54.0 Å². The molecule has 0 saturated carbocycles. The second-order valence-electron chi connectivity index (χ2n) is 6.34. The lowest BCUT2D eigenvalue weighted by Crippen LogP contribution is -2.47. The molecular formula is C17H20ClFN6. The molecule has 0 aliphatic carbocycles. The molecular weight excluding hydrogens is 343 g/mol. The topological polar surface area (TPSA) is 48.4 Å². The van der Waals surface area contributed by atoms with Crippen molar-refractivity contribution >= 4 is 29.2 Å². The van der Waals surface area contributed by atoms with Crippen molar-refractivity contribution < 1.29 is 4.39 Å². The van der Waals surface area contributed by atoms with E-state index in [0.29, 0.717) is 23.9 Å². The van der Waals surface area contributed by atoms with Crippen LogP contribution in [0.5, 0.6) is 0 Å². The maximum absolute atomic E-state index is 14.1. The zero-order valence-electron chi connectivity index (χ0n) is 13.9. The van der Waals surface area contributed by atoms with Crippen molar-refractivity contribution in [2.45, 2.75) is 12.8 Å². The summed E-state index contributed by atoms with van der Waals surface area (Å²) in [5, 5.41) is 0.315. The molecule has 0 amide bonds. The Morgan fingerprint density at radius 2 is 1.64 bits per heavy atom. The van der Waals surface area contributed by atoms with E-state index < -0.39 is 0 Å². The summed E-state index contributed by atoms with van der Waals surface area (Å²) in [6, 6.07) is 3.25. The molecule has 4 heterocycles. The molecule has 2 aromatic heterocycles. The fraction of sp³-hybridized carbons (Fsp3) is 0.471. The Morgan fingerprint density at radius 3 is 2.36 bits per heavy atom. The van der Waals surface area contributed by atoms with E-state index in [9.17, 15) is 4.39 Å². The molecule has 2 aliphatic rings. The summed E-state index contributed by atoms with van der Waals surface area (Å²) >= 11 is 5.78. The molecule has 6 nitrogen and oxygen atoms in total. The smallest absolute Gasteiger partial charge is 0.227 e. The molecule has 132 valence electrons. The summed E-state index contributed by atoms with van der Waals surface area (Å²) in [5.74, 6) is 1.73. The SMILES string of the molecule is Fc1cc(Cl)cnc1N1CCN(c2ccnc(N3CCCC3)n2)CC1. The minimum absolute atomic E-state index is 0.315. The highest BCUT2D eigenvalue weighted by atomic mass is 35.5. The lowest BCUT2D eigenvalue weighted by molar-refractivity contribution is 0.587. The number of nitrogens with zero attached hydrogens (tertiary/aromatic N) is 6. The van der Waals surface area contributed by atoms with Gasteiger partial charge in [0.05, 0.1) is 5.02 Å². The normalized spacial score (nSPS) is 18.1. The average Bonchev–Trinajstić information content (AvgIpc) is 3.17. The van der Waals surface area contributed by atoms with Gasteiger partial charge in [-0.15, -0.1) is 0 Å². The number of rotatable bonds is 3. The van der Waals surface area contributed by atoms with Crippen LogP contribution in [0, 0.1) is 5.82 Å². The van der Waals surface area contributed by atoms with Crippen LogP contribution in [0.4, 0.5) is 22.0 Å². The Bertz CT molecular complexity index is 744. The molecule has 0 N–H and O–H groups in total. The summed E-state index contributed by atoms with van der Waals surface area (Å²) in [6.07, 6.45) is 5.71. The first kappa shape index (κ1) is 16.3. The first-order chi connectivity index (χ1) is 12.2. The van der Waals surface area contributed by atoms with Gasteiger partial charge in [-0.1, -0.05) is 11.6 Å². The number of anilines is 3. The molecule has 0 radical (unpaired) electrons. The van der Waals surface area contributed by atoms with E-state index in [1.165, 1.54) is 25.1 Å². The van der Waals surface area contributed by atoms with Gasteiger partial charge in [-0.25, -0.2) is 14.4 Å². The number of piperazine rings is 1. The Labute approximate surface area is 151 Å². The van der Waals surface area contributed by atoms with Crippen molar-refractivity contribution in [3.8, 4) is 0 Å². The summed E-state index contributed by atoms with van der Waals surface area (Å²) in [7, 11) is 0. The molecule has 0 aromatic carbocycles. The first-order valence-corrected chi connectivity index (χ1v) is 8.97. The molecule has 25 heavy (non-hydrogen) atoms. The molecule has 0 spiro atoms. The largest absolute Gasteiger partial charge is 0.353 e. The van der Waals surface area contributed by atoms with Gasteiger partial charge in [0.2, 0.25) is 5.95 Å². The highest BCUT2D eigenvalue weighted by Crippen LogP contribution is 2.23. The number of pyridine rings is 1. The Kier molecular flexibility index (Phi) is 4.57. The van der Waals surface area contributed by atoms with Crippen LogP contribution in [-0.4, -0.2) is 54.2 Å². The predicted molar refractivity (Wildman–Crippen MR) is 97.1 cm³/mol. The van der Waals surface area contributed by atoms with Crippen LogP contribution in [0.3, 0.4) is 0 Å². The van der Waals surface area contributed by atoms with Gasteiger partial charge in [-0.05, 0) is 25.0 Å². The van der Waals surface area contributed by atoms with E-state index in [2.05, 4.69) is 19.8 Å². The molecule has 8 heteroatoms. The molecule has 0 atom stereocenters. The minimum Gasteiger partial charge on any atom is -0.353 e. The van der Waals surface area contributed by atoms with Gasteiger partial charge in [-0.3, -0.25) is 0 Å². The van der Waals surface area contributed by atoms with Crippen LogP contribution in [0.2, 0.25) is 5.02 Å². The van der Waals surface area contributed by atoms with Crippen molar-refractivity contribution in [3.05, 3.63) is 35.4 Å². The van der Waals surface area contributed by atoms with E-state index in [-0.39, 0.29) is 5.82 Å². The standard InChI is InChI=1S/C17H20ClFN6/c18-13-11-14(19)16(21-12-13)24-9-7-23(8-10-24)15-3-4-20-17(22-15)25-5-1-2-6-25/h3-4,11-12H,1-2,5-10H2. The minimum atomic E-state index is -0.376. The molecule has 2 aromatic rings. The van der Waals surface area contributed by atoms with Gasteiger partial charge in [0, 0.05) is 51.7 Å². The van der Waals surface area contributed by atoms with Gasteiger partial charge in [0.1, 0.15) is 5.82 Å². The van der Waals surface area contributed by atoms with Gasteiger partial charge >= 0.3 is 0 Å². The van der Waals surface area contributed by atoms with Crippen LogP contribution in [0.25, 0.3) is 0 Å². The first-order valence-electron chi connectivity index (χ1n) is 8.60. The van der Waals surface area contributed by atoms with Crippen LogP contribution in [-0.2, 0) is 0 Å². The number of hydrogen-bond acceptors (Lipinski definition) is 6. The van der Waals surface area contributed by atoms with Gasteiger partial charge in [0.15, 0.2) is 11.6 Å². The molecule has 0 bridgehead atoms. The lowest BCUT2D eigenvalue weighted by Gasteiger charge is -2.36. The number of aromatic nitrogens is 3. The van der Waals surface area contributed by atoms with E-state index in [1.807, 2.05) is 17.2 Å². The quantitative estimate of drug-likeness (QED) is 0.836. The van der Waals surface area contributed by atoms with Crippen LogP contribution in [0.15, 0.2) is 24.5 Å². The monoisotopic (exact) mass is 362 g/mol. The zero-order chi connectivity index (χ0) is 17.2. The highest BCUT2D eigenvalue weighted by Gasteiger charge is 2.23. The second kappa shape index (κ2) is 7.00. The molecule has 0 unspecified atom stereocenters. The van der Waals surface area contributed by atoms with Crippen LogP contribution < -0.4 is 14.7 Å². The van der Waals surface area contributed by atoms with Crippen LogP contribution in [0.1, 0.15) is 12.8 Å². The third-order valence-corrected chi connectivity index (χ3v) is 4.92. The highest BCUT2D eigenvalue weighted by molar-refractivity contribution is 6.30. The maximum Gasteiger partial charge on any atom is 0.227 e. The molecule has 2 fully saturated rings. The number of hydrogen-bond donors (Lipinski definition) is 0. The summed E-state index contributed by atoms with van der Waals surface area (Å²) < 4.78 is 14.1. The van der Waals surface area contributed by atoms with E-state index >= 15 is 0 Å². The molecule has 2 aliphatic heterocycles. The van der Waals surface area contributed by atoms with E-state index in [4.69, 9.17) is 16.6 Å². The van der Waals surface area contributed by atoms with E-state index in [0.717, 1.165) is 37.9 Å². The Hall–Kier alpha value is -2.15. The Morgan fingerprint density at radius 1 is 0.920 bits per heavy atom. The second-order valence-corrected chi connectivity index (χ2v) is 6.78. The van der Waals surface area contributed by atoms with Crippen molar-refractivity contribution in [1.82, 2.24) is 15.0 Å². The van der Waals surface area contributed by atoms with Crippen LogP contribution >= 0.6 is 11.6 Å². The van der Waals surface area contributed by atoms with Crippen molar-refractivity contribution in [1.29, 1.82) is 0 Å². The summed E-state index contributed by atoms with van der Waals surface area (Å²) in [5.41, 5.74) is 0. The third-order valence-electron chi connectivity index (χ3n) is 4.71. The fourth-order valence-electron chi connectivity index (χ4n) is 3.37. The van der Waals surface area contributed by atoms with E-state index in [1.54, 1.807) is 0 Å². The average molecular weight is 363 g/mol. The fourth-order valence-corrected chi connectivity index (χ4v) is 3.52. The number of halogens is 2. The molecule has 2 saturated heterocycles. The Balaban J connectivity index is 1.44. The maximum atomic E-state index is 14.1. The van der Waals surface area contributed by atoms with Gasteiger partial charge in [0.25, 0.3) is 0 Å². The van der Waals surface area contributed by atoms with Crippen molar-refractivity contribution in [3.63, 3.8) is 0 Å². The predicted octanol–water partition coefficient (Wildman–Crippen LogP) is 2.59. The van der Waals surface area contributed by atoms with Gasteiger partial charge in [-0.2, -0.15) is 4.98 Å². The van der Waals surface area contributed by atoms with Crippen molar-refractivity contribution in [2.24, 2.45) is 0 Å². The van der Waals surface area contributed by atoms with Gasteiger partial charge < -0.3 is 14.7 Å². The summed E-state index contributed by atoms with van der Waals surface area (Å²) in [6.45, 7) is 4.96. The summed E-state index contributed by atoms with van der Waals surface area (Å²) in [4.78, 5) is 19.7. The zero-order valence-corrected chi connectivity index (χ0v) is 14.7. The third kappa shape index (κ3) is 3.46. The lowest BCUT2D eigenvalue weighted by atomic mass is 10.3.